The molecule has 0 bridgehead atoms. The molecule has 4 heteroatoms. The fourth-order valence-electron chi connectivity index (χ4n) is 3.04. The number of fused-ring (bicyclic) bond motifs is 2. The van der Waals surface area contributed by atoms with E-state index in [4.69, 9.17) is 14.2 Å². The molecule has 0 N–H and O–H groups in total. The molecule has 2 aromatic carbocycles. The molecule has 4 rings (SSSR count). The van der Waals surface area contributed by atoms with Gasteiger partial charge in [-0.25, -0.2) is 0 Å². The van der Waals surface area contributed by atoms with Gasteiger partial charge in [-0.15, -0.1) is 0 Å². The Labute approximate surface area is 164 Å². The van der Waals surface area contributed by atoms with Crippen molar-refractivity contribution in [3.8, 4) is 17.6 Å². The van der Waals surface area contributed by atoms with Gasteiger partial charge >= 0.3 is 0 Å². The fourth-order valence-corrected chi connectivity index (χ4v) is 3.04. The fraction of sp³-hybridized carbons (Fsp3) is 0.208. The van der Waals surface area contributed by atoms with Crippen molar-refractivity contribution < 1.29 is 14.2 Å². The molecule has 0 unspecified atom stereocenters. The summed E-state index contributed by atoms with van der Waals surface area (Å²) in [6.45, 7) is 1.51. The molecule has 1 aromatic heterocycles. The summed E-state index contributed by atoms with van der Waals surface area (Å²) in [5, 5.41) is 2.27. The molecule has 1 aliphatic rings. The topological polar surface area (TPSA) is 40.6 Å². The number of aromatic nitrogens is 1. The molecule has 0 saturated carbocycles. The molecule has 0 atom stereocenters. The molecule has 3 aromatic rings. The number of benzene rings is 2. The second-order valence-corrected chi connectivity index (χ2v) is 6.46. The zero-order chi connectivity index (χ0) is 19.2. The quantitative estimate of drug-likeness (QED) is 0.497. The minimum atomic E-state index is 0.382. The average Bonchev–Trinajstić information content (AvgIpc) is 2.75. The second kappa shape index (κ2) is 8.71. The monoisotopic (exact) mass is 371 g/mol. The number of hydrogen-bond acceptors (Lipinski definition) is 4. The van der Waals surface area contributed by atoms with Gasteiger partial charge in [-0.2, -0.15) is 0 Å². The lowest BCUT2D eigenvalue weighted by Gasteiger charge is -2.18. The van der Waals surface area contributed by atoms with Crippen LogP contribution in [0.25, 0.3) is 16.5 Å². The number of hydrogen-bond donors (Lipinski definition) is 0. The van der Waals surface area contributed by atoms with Gasteiger partial charge < -0.3 is 14.2 Å². The van der Waals surface area contributed by atoms with Crippen LogP contribution in [0.1, 0.15) is 16.8 Å². The highest BCUT2D eigenvalue weighted by Crippen LogP contribution is 2.31. The lowest BCUT2D eigenvalue weighted by Crippen LogP contribution is -2.05. The number of ether oxygens (including phenoxy) is 3. The van der Waals surface area contributed by atoms with E-state index in [1.807, 2.05) is 30.5 Å². The van der Waals surface area contributed by atoms with Crippen molar-refractivity contribution >= 4 is 16.5 Å². The highest BCUT2D eigenvalue weighted by atomic mass is 16.5. The first kappa shape index (κ1) is 18.2. The molecule has 1 aliphatic heterocycles. The molecule has 140 valence electrons. The maximum atomic E-state index is 6.15. The minimum Gasteiger partial charge on any atom is -0.455 e. The Morgan fingerprint density at radius 1 is 1.07 bits per heavy atom. The van der Waals surface area contributed by atoms with Crippen molar-refractivity contribution in [1.29, 1.82) is 0 Å². The van der Waals surface area contributed by atoms with Crippen LogP contribution in [0.15, 0.2) is 60.8 Å². The van der Waals surface area contributed by atoms with E-state index in [2.05, 4.69) is 47.2 Å². The van der Waals surface area contributed by atoms with Crippen LogP contribution in [0.4, 0.5) is 0 Å². The number of allylic oxidation sites excluding steroid dienone is 1. The lowest BCUT2D eigenvalue weighted by atomic mass is 10.0. The molecule has 0 spiro atoms. The molecule has 0 saturated heterocycles. The molecule has 2 heterocycles. The molecule has 0 aliphatic carbocycles. The summed E-state index contributed by atoms with van der Waals surface area (Å²) in [6.07, 6.45) is 4.78. The average molecular weight is 371 g/mol. The van der Waals surface area contributed by atoms with Gasteiger partial charge in [0.1, 0.15) is 23.8 Å². The number of rotatable bonds is 5. The van der Waals surface area contributed by atoms with Crippen molar-refractivity contribution in [3.63, 3.8) is 0 Å². The van der Waals surface area contributed by atoms with E-state index in [0.29, 0.717) is 19.8 Å². The summed E-state index contributed by atoms with van der Waals surface area (Å²) in [5.41, 5.74) is 2.89. The Hall–Kier alpha value is -3.13. The lowest BCUT2D eigenvalue weighted by molar-refractivity contribution is 0.0877. The van der Waals surface area contributed by atoms with Crippen LogP contribution in [-0.4, -0.2) is 31.9 Å². The predicted molar refractivity (Wildman–Crippen MR) is 110 cm³/mol. The van der Waals surface area contributed by atoms with Gasteiger partial charge in [-0.05, 0) is 41.6 Å². The van der Waals surface area contributed by atoms with Crippen LogP contribution in [0.3, 0.4) is 0 Å². The summed E-state index contributed by atoms with van der Waals surface area (Å²) < 4.78 is 16.5. The molecule has 4 nitrogen and oxygen atoms in total. The van der Waals surface area contributed by atoms with Gasteiger partial charge in [0.2, 0.25) is 0 Å². The molecule has 0 amide bonds. The van der Waals surface area contributed by atoms with Crippen LogP contribution in [0, 0.1) is 11.8 Å². The Morgan fingerprint density at radius 2 is 1.96 bits per heavy atom. The molecular formula is C24H21NO3. The first-order valence-electron chi connectivity index (χ1n) is 9.25. The van der Waals surface area contributed by atoms with Crippen molar-refractivity contribution in [1.82, 2.24) is 4.98 Å². The van der Waals surface area contributed by atoms with Gasteiger partial charge in [0.15, 0.2) is 0 Å². The first-order valence-corrected chi connectivity index (χ1v) is 9.25. The largest absolute Gasteiger partial charge is 0.455 e. The normalized spacial score (nSPS) is 12.5. The third-order valence-corrected chi connectivity index (χ3v) is 4.52. The van der Waals surface area contributed by atoms with Crippen molar-refractivity contribution in [3.05, 3.63) is 77.6 Å². The number of methoxy groups -OCH3 is 1. The van der Waals surface area contributed by atoms with E-state index in [1.54, 1.807) is 7.11 Å². The molecule has 28 heavy (non-hydrogen) atoms. The third kappa shape index (κ3) is 4.23. The van der Waals surface area contributed by atoms with Gasteiger partial charge in [0, 0.05) is 24.3 Å². The smallest absolute Gasteiger partial charge is 0.149 e. The van der Waals surface area contributed by atoms with Crippen LogP contribution < -0.4 is 4.74 Å². The van der Waals surface area contributed by atoms with Gasteiger partial charge in [-0.1, -0.05) is 42.2 Å². The summed E-state index contributed by atoms with van der Waals surface area (Å²) in [6, 6.07) is 16.3. The summed E-state index contributed by atoms with van der Waals surface area (Å²) in [5.74, 6) is 7.76. The van der Waals surface area contributed by atoms with E-state index < -0.39 is 0 Å². The van der Waals surface area contributed by atoms with Crippen molar-refractivity contribution in [2.75, 3.05) is 26.9 Å². The predicted octanol–water partition coefficient (Wildman–Crippen LogP) is 4.23. The van der Waals surface area contributed by atoms with Crippen LogP contribution in [0.2, 0.25) is 0 Å². The number of pyridine rings is 1. The van der Waals surface area contributed by atoms with E-state index in [0.717, 1.165) is 45.5 Å². The van der Waals surface area contributed by atoms with E-state index >= 15 is 0 Å². The Kier molecular flexibility index (Phi) is 5.67. The van der Waals surface area contributed by atoms with Crippen molar-refractivity contribution in [2.24, 2.45) is 0 Å². The van der Waals surface area contributed by atoms with Gasteiger partial charge in [0.05, 0.1) is 13.2 Å². The summed E-state index contributed by atoms with van der Waals surface area (Å²) in [7, 11) is 1.65. The van der Waals surface area contributed by atoms with E-state index in [-0.39, 0.29) is 0 Å². The van der Waals surface area contributed by atoms with Gasteiger partial charge in [0.25, 0.3) is 0 Å². The maximum Gasteiger partial charge on any atom is 0.149 e. The summed E-state index contributed by atoms with van der Waals surface area (Å²) in [4.78, 5) is 4.56. The van der Waals surface area contributed by atoms with Crippen LogP contribution >= 0.6 is 0 Å². The highest BCUT2D eigenvalue weighted by molar-refractivity contribution is 5.84. The standard InChI is InChI=1S/C24H21NO3/c1-26-13-14-27-12-4-5-18-8-9-19-10-11-23(28-24(19)15-18)22-16-20-6-2-3-7-21(20)17-25-22/h2-3,6-9,11,15-17H,10,12-14H2,1H3. The SMILES string of the molecule is COCCOCC#Cc1ccc2c(c1)OC(c1cc3ccccc3cn1)=CC2. The Bertz CT molecular complexity index is 1080. The van der Waals surface area contributed by atoms with Crippen LogP contribution in [0.5, 0.6) is 5.75 Å². The second-order valence-electron chi connectivity index (χ2n) is 6.46. The first-order chi connectivity index (χ1) is 13.8. The number of nitrogens with zero attached hydrogens (tertiary/aromatic N) is 1. The Morgan fingerprint density at radius 3 is 2.86 bits per heavy atom. The molecule has 0 fully saturated rings. The third-order valence-electron chi connectivity index (χ3n) is 4.52. The van der Waals surface area contributed by atoms with Crippen LogP contribution in [-0.2, 0) is 15.9 Å². The minimum absolute atomic E-state index is 0.382. The van der Waals surface area contributed by atoms with Gasteiger partial charge in [-0.3, -0.25) is 4.98 Å². The molecular weight excluding hydrogens is 350 g/mol. The Balaban J connectivity index is 1.48. The summed E-state index contributed by atoms with van der Waals surface area (Å²) >= 11 is 0. The molecule has 0 radical (unpaired) electrons. The highest BCUT2D eigenvalue weighted by Gasteiger charge is 2.15. The zero-order valence-electron chi connectivity index (χ0n) is 15.8. The zero-order valence-corrected chi connectivity index (χ0v) is 15.8. The van der Waals surface area contributed by atoms with E-state index in [9.17, 15) is 0 Å². The maximum absolute atomic E-state index is 6.15. The van der Waals surface area contributed by atoms with Crippen molar-refractivity contribution in [2.45, 2.75) is 6.42 Å². The van der Waals surface area contributed by atoms with E-state index in [1.165, 1.54) is 0 Å².